The summed E-state index contributed by atoms with van der Waals surface area (Å²) in [6.07, 6.45) is 1.53. The smallest absolute Gasteiger partial charge is 0.276 e. The summed E-state index contributed by atoms with van der Waals surface area (Å²) in [5, 5.41) is 11.4. The van der Waals surface area contributed by atoms with Crippen molar-refractivity contribution in [3.8, 4) is 5.75 Å². The third kappa shape index (κ3) is 5.15. The van der Waals surface area contributed by atoms with E-state index in [-0.39, 0.29) is 29.5 Å². The third-order valence-electron chi connectivity index (χ3n) is 5.59. The molecule has 194 valence electrons. The largest absolute Gasteiger partial charge is 0.471 e. The number of anilines is 1. The highest BCUT2D eigenvalue weighted by Gasteiger charge is 2.27. The van der Waals surface area contributed by atoms with E-state index in [9.17, 15) is 26.7 Å². The predicted octanol–water partition coefficient (Wildman–Crippen LogP) is 5.69. The van der Waals surface area contributed by atoms with Crippen molar-refractivity contribution < 1.29 is 31.5 Å². The average Bonchev–Trinajstić information content (AvgIpc) is 3.45. The molecule has 0 saturated carbocycles. The summed E-state index contributed by atoms with van der Waals surface area (Å²) in [7, 11) is 0. The number of ether oxygens (including phenoxy) is 1. The molecule has 4 aromatic rings. The van der Waals surface area contributed by atoms with E-state index in [4.69, 9.17) is 16.3 Å². The number of rotatable bonds is 7. The van der Waals surface area contributed by atoms with Gasteiger partial charge in [-0.25, -0.2) is 26.6 Å². The molecule has 7 nitrogen and oxygen atoms in total. The number of carbonyl (C=O) groups excluding carboxylic acids is 1. The molecule has 2 heterocycles. The summed E-state index contributed by atoms with van der Waals surface area (Å²) < 4.78 is 76.8. The Morgan fingerprint density at radius 1 is 0.973 bits per heavy atom. The highest BCUT2D eigenvalue weighted by atomic mass is 35.5. The molecule has 0 spiro atoms. The van der Waals surface area contributed by atoms with Crippen LogP contribution in [-0.2, 0) is 13.3 Å². The molecule has 1 N–H and O–H groups in total. The van der Waals surface area contributed by atoms with Crippen molar-refractivity contribution in [3.05, 3.63) is 92.8 Å². The lowest BCUT2D eigenvalue weighted by molar-refractivity contribution is 0.102. The number of nitrogens with zero attached hydrogens (tertiary/aromatic N) is 4. The molecule has 0 fully saturated rings. The molecule has 37 heavy (non-hydrogen) atoms. The van der Waals surface area contributed by atoms with Gasteiger partial charge in [-0.1, -0.05) is 11.6 Å². The van der Waals surface area contributed by atoms with Gasteiger partial charge >= 0.3 is 0 Å². The van der Waals surface area contributed by atoms with Crippen LogP contribution in [0.25, 0.3) is 0 Å². The SMILES string of the molecule is Cc1cc(OCn2ccc(C(=O)Nc3c(C)nn(Cc4c(F)c(F)c(F)c(F)c4F)c3C)n2)ccc1Cl. The normalized spacial score (nSPS) is 11.2. The molecule has 0 unspecified atom stereocenters. The molecule has 0 atom stereocenters. The van der Waals surface area contributed by atoms with Crippen molar-refractivity contribution >= 4 is 23.2 Å². The molecule has 1 amide bonds. The Kier molecular flexibility index (Phi) is 7.21. The lowest BCUT2D eigenvalue weighted by atomic mass is 10.1. The molecular weight excluding hydrogens is 521 g/mol. The fourth-order valence-corrected chi connectivity index (χ4v) is 3.67. The van der Waals surface area contributed by atoms with Crippen LogP contribution in [0.2, 0.25) is 5.02 Å². The minimum Gasteiger partial charge on any atom is -0.471 e. The van der Waals surface area contributed by atoms with Crippen LogP contribution in [0, 0.1) is 49.9 Å². The van der Waals surface area contributed by atoms with Gasteiger partial charge in [0.2, 0.25) is 5.82 Å². The number of nitrogens with one attached hydrogen (secondary N) is 1. The molecule has 0 aliphatic heterocycles. The van der Waals surface area contributed by atoms with Gasteiger partial charge in [0.25, 0.3) is 5.91 Å². The number of hydrogen-bond donors (Lipinski definition) is 1. The van der Waals surface area contributed by atoms with E-state index < -0.39 is 47.1 Å². The Bertz CT molecular complexity index is 1490. The monoisotopic (exact) mass is 539 g/mol. The fourth-order valence-electron chi connectivity index (χ4n) is 3.55. The van der Waals surface area contributed by atoms with E-state index in [0.29, 0.717) is 10.8 Å². The van der Waals surface area contributed by atoms with Crippen LogP contribution in [0.3, 0.4) is 0 Å². The summed E-state index contributed by atoms with van der Waals surface area (Å²) >= 11 is 6.00. The average molecular weight is 540 g/mol. The molecule has 2 aromatic heterocycles. The van der Waals surface area contributed by atoms with Crippen molar-refractivity contribution in [3.63, 3.8) is 0 Å². The van der Waals surface area contributed by atoms with E-state index in [1.54, 1.807) is 18.2 Å². The van der Waals surface area contributed by atoms with Crippen LogP contribution in [0.1, 0.15) is 33.0 Å². The first kappa shape index (κ1) is 26.1. The third-order valence-corrected chi connectivity index (χ3v) is 6.02. The zero-order valence-corrected chi connectivity index (χ0v) is 20.4. The number of halogens is 6. The summed E-state index contributed by atoms with van der Waals surface area (Å²) in [4.78, 5) is 12.8. The van der Waals surface area contributed by atoms with Gasteiger partial charge in [0.05, 0.1) is 29.2 Å². The Balaban J connectivity index is 1.48. The molecule has 0 aliphatic carbocycles. The molecule has 0 saturated heterocycles. The molecule has 4 rings (SSSR count). The van der Waals surface area contributed by atoms with E-state index >= 15 is 0 Å². The van der Waals surface area contributed by atoms with Crippen molar-refractivity contribution in [2.75, 3.05) is 5.32 Å². The van der Waals surface area contributed by atoms with Crippen molar-refractivity contribution in [1.29, 1.82) is 0 Å². The second-order valence-corrected chi connectivity index (χ2v) is 8.54. The summed E-state index contributed by atoms with van der Waals surface area (Å²) in [5.41, 5.74) is 0.533. The maximum absolute atomic E-state index is 14.1. The number of carbonyl (C=O) groups is 1. The van der Waals surface area contributed by atoms with Crippen LogP contribution in [-0.4, -0.2) is 25.5 Å². The van der Waals surface area contributed by atoms with Gasteiger partial charge in [0, 0.05) is 11.2 Å². The van der Waals surface area contributed by atoms with E-state index in [0.717, 1.165) is 10.2 Å². The summed E-state index contributed by atoms with van der Waals surface area (Å²) in [5.74, 6) is -10.3. The van der Waals surface area contributed by atoms with E-state index in [1.165, 1.54) is 30.8 Å². The van der Waals surface area contributed by atoms with Crippen LogP contribution >= 0.6 is 11.6 Å². The van der Waals surface area contributed by atoms with Crippen molar-refractivity contribution in [1.82, 2.24) is 19.6 Å². The van der Waals surface area contributed by atoms with Crippen LogP contribution < -0.4 is 10.1 Å². The number of aromatic nitrogens is 4. The zero-order chi connectivity index (χ0) is 27.0. The van der Waals surface area contributed by atoms with Gasteiger partial charge in [-0.05, 0) is 50.6 Å². The molecule has 0 radical (unpaired) electrons. The van der Waals surface area contributed by atoms with Crippen LogP contribution in [0.4, 0.5) is 27.6 Å². The summed E-state index contributed by atoms with van der Waals surface area (Å²) in [6.45, 7) is 4.10. The maximum atomic E-state index is 14.1. The second kappa shape index (κ2) is 10.2. The van der Waals surface area contributed by atoms with Crippen molar-refractivity contribution in [2.45, 2.75) is 34.0 Å². The first-order valence-electron chi connectivity index (χ1n) is 10.8. The van der Waals surface area contributed by atoms with Gasteiger partial charge in [0.15, 0.2) is 35.7 Å². The number of aryl methyl sites for hydroxylation is 2. The molecular formula is C24H19ClF5N5O2. The summed E-state index contributed by atoms with van der Waals surface area (Å²) in [6, 6.07) is 6.61. The maximum Gasteiger partial charge on any atom is 0.276 e. The number of amides is 1. The molecule has 2 aromatic carbocycles. The van der Waals surface area contributed by atoms with Gasteiger partial charge in [-0.15, -0.1) is 0 Å². The minimum absolute atomic E-state index is 0.0201. The predicted molar refractivity (Wildman–Crippen MR) is 124 cm³/mol. The molecule has 0 bridgehead atoms. The van der Waals surface area contributed by atoms with Gasteiger partial charge in [-0.3, -0.25) is 9.48 Å². The first-order chi connectivity index (χ1) is 17.5. The lowest BCUT2D eigenvalue weighted by Crippen LogP contribution is -2.16. The topological polar surface area (TPSA) is 74.0 Å². The zero-order valence-electron chi connectivity index (χ0n) is 19.7. The minimum atomic E-state index is -2.24. The van der Waals surface area contributed by atoms with E-state index in [2.05, 4.69) is 15.5 Å². The fraction of sp³-hybridized carbons (Fsp3) is 0.208. The quantitative estimate of drug-likeness (QED) is 0.186. The Morgan fingerprint density at radius 3 is 2.27 bits per heavy atom. The highest BCUT2D eigenvalue weighted by molar-refractivity contribution is 6.31. The van der Waals surface area contributed by atoms with Crippen LogP contribution in [0.5, 0.6) is 5.75 Å². The Labute approximate surface area is 212 Å². The first-order valence-corrected chi connectivity index (χ1v) is 11.1. The lowest BCUT2D eigenvalue weighted by Gasteiger charge is -2.10. The molecule has 0 aliphatic rings. The number of benzene rings is 2. The van der Waals surface area contributed by atoms with Gasteiger partial charge in [0.1, 0.15) is 5.75 Å². The Morgan fingerprint density at radius 2 is 1.62 bits per heavy atom. The second-order valence-electron chi connectivity index (χ2n) is 8.13. The Hall–Kier alpha value is -3.93. The molecule has 13 heteroatoms. The van der Waals surface area contributed by atoms with Gasteiger partial charge < -0.3 is 10.1 Å². The van der Waals surface area contributed by atoms with Crippen molar-refractivity contribution in [2.24, 2.45) is 0 Å². The highest BCUT2D eigenvalue weighted by Crippen LogP contribution is 2.26. The number of hydrogen-bond acceptors (Lipinski definition) is 4. The van der Waals surface area contributed by atoms with Gasteiger partial charge in [-0.2, -0.15) is 10.2 Å². The van der Waals surface area contributed by atoms with E-state index in [1.807, 2.05) is 6.92 Å². The van der Waals surface area contributed by atoms with Crippen LogP contribution in [0.15, 0.2) is 30.5 Å². The standard InChI is InChI=1S/C24H19ClF5N5O2/c1-11-8-14(4-5-16(11)25)37-10-34-7-6-17(33-34)24(36)31-23-12(2)32-35(13(23)3)9-15-18(26)20(28)22(30)21(29)19(15)27/h4-8H,9-10H2,1-3H3,(H,31,36).